The SMILES string of the molecule is CCCN(CC1CCCCN1)C1CCC(C(C)(C)C)CC1. The van der Waals surface area contributed by atoms with Gasteiger partial charge in [0.1, 0.15) is 0 Å². The highest BCUT2D eigenvalue weighted by Gasteiger charge is 2.32. The molecule has 1 heterocycles. The number of hydrogen-bond acceptors (Lipinski definition) is 2. The highest BCUT2D eigenvalue weighted by Crippen LogP contribution is 2.39. The standard InChI is InChI=1S/C19H38N2/c1-5-14-21(15-17-8-6-7-13-20-17)18-11-9-16(10-12-18)19(2,3)4/h16-18,20H,5-15H2,1-4H3. The number of hydrogen-bond donors (Lipinski definition) is 1. The summed E-state index contributed by atoms with van der Waals surface area (Å²) in [7, 11) is 0. The van der Waals surface area contributed by atoms with E-state index in [2.05, 4.69) is 37.9 Å². The van der Waals surface area contributed by atoms with E-state index in [9.17, 15) is 0 Å². The molecule has 1 saturated carbocycles. The number of nitrogens with one attached hydrogen (secondary N) is 1. The van der Waals surface area contributed by atoms with Crippen LogP contribution in [-0.4, -0.2) is 36.6 Å². The lowest BCUT2D eigenvalue weighted by atomic mass is 9.71. The fraction of sp³-hybridized carbons (Fsp3) is 1.00. The Bertz CT molecular complexity index is 280. The van der Waals surface area contributed by atoms with Crippen molar-refractivity contribution in [2.24, 2.45) is 11.3 Å². The molecule has 1 aliphatic carbocycles. The largest absolute Gasteiger partial charge is 0.313 e. The molecule has 1 unspecified atom stereocenters. The van der Waals surface area contributed by atoms with Gasteiger partial charge < -0.3 is 5.32 Å². The molecule has 1 atom stereocenters. The van der Waals surface area contributed by atoms with Gasteiger partial charge in [-0.25, -0.2) is 0 Å². The second-order valence-electron chi connectivity index (χ2n) is 8.51. The summed E-state index contributed by atoms with van der Waals surface area (Å²) in [6.07, 6.45) is 11.2. The predicted octanol–water partition coefficient (Wildman–Crippen LogP) is 4.45. The Morgan fingerprint density at radius 2 is 1.71 bits per heavy atom. The van der Waals surface area contributed by atoms with Gasteiger partial charge in [-0.2, -0.15) is 0 Å². The average Bonchev–Trinajstić information content (AvgIpc) is 2.47. The maximum absolute atomic E-state index is 3.74. The molecule has 0 amide bonds. The van der Waals surface area contributed by atoms with Crippen LogP contribution >= 0.6 is 0 Å². The van der Waals surface area contributed by atoms with Crippen molar-refractivity contribution in [1.29, 1.82) is 0 Å². The van der Waals surface area contributed by atoms with Gasteiger partial charge in [-0.15, -0.1) is 0 Å². The second kappa shape index (κ2) is 7.97. The summed E-state index contributed by atoms with van der Waals surface area (Å²) in [6.45, 7) is 13.4. The molecule has 2 rings (SSSR count). The fourth-order valence-corrected chi connectivity index (χ4v) is 4.38. The van der Waals surface area contributed by atoms with E-state index in [0.29, 0.717) is 5.41 Å². The van der Waals surface area contributed by atoms with Gasteiger partial charge in [0.05, 0.1) is 0 Å². The molecule has 2 fully saturated rings. The molecular weight excluding hydrogens is 256 g/mol. The summed E-state index contributed by atoms with van der Waals surface area (Å²) in [5.41, 5.74) is 0.505. The Kier molecular flexibility index (Phi) is 6.55. The normalized spacial score (nSPS) is 31.6. The van der Waals surface area contributed by atoms with Gasteiger partial charge >= 0.3 is 0 Å². The van der Waals surface area contributed by atoms with Gasteiger partial charge in [0.25, 0.3) is 0 Å². The zero-order valence-electron chi connectivity index (χ0n) is 15.0. The van der Waals surface area contributed by atoms with Gasteiger partial charge in [-0.3, -0.25) is 4.90 Å². The van der Waals surface area contributed by atoms with Gasteiger partial charge in [0.2, 0.25) is 0 Å². The zero-order valence-corrected chi connectivity index (χ0v) is 15.0. The van der Waals surface area contributed by atoms with Crippen LogP contribution in [0.2, 0.25) is 0 Å². The smallest absolute Gasteiger partial charge is 0.0195 e. The number of piperidine rings is 1. The summed E-state index contributed by atoms with van der Waals surface area (Å²) < 4.78 is 0. The van der Waals surface area contributed by atoms with Crippen LogP contribution in [0.3, 0.4) is 0 Å². The Morgan fingerprint density at radius 3 is 2.24 bits per heavy atom. The summed E-state index contributed by atoms with van der Waals surface area (Å²) >= 11 is 0. The van der Waals surface area contributed by atoms with Crippen LogP contribution < -0.4 is 5.32 Å². The molecule has 2 nitrogen and oxygen atoms in total. The third-order valence-electron chi connectivity index (χ3n) is 5.82. The van der Waals surface area contributed by atoms with Crippen molar-refractivity contribution in [3.05, 3.63) is 0 Å². The average molecular weight is 295 g/mol. The van der Waals surface area contributed by atoms with Crippen molar-refractivity contribution in [2.45, 2.75) is 91.1 Å². The Hall–Kier alpha value is -0.0800. The quantitative estimate of drug-likeness (QED) is 0.806. The van der Waals surface area contributed by atoms with Crippen molar-refractivity contribution in [2.75, 3.05) is 19.6 Å². The molecule has 0 radical (unpaired) electrons. The third-order valence-corrected chi connectivity index (χ3v) is 5.82. The van der Waals surface area contributed by atoms with Gasteiger partial charge in [-0.05, 0) is 69.4 Å². The summed E-state index contributed by atoms with van der Waals surface area (Å²) in [4.78, 5) is 2.82. The van der Waals surface area contributed by atoms with Crippen LogP contribution in [0.1, 0.15) is 79.1 Å². The van der Waals surface area contributed by atoms with Crippen LogP contribution in [0.15, 0.2) is 0 Å². The molecule has 0 spiro atoms. The molecule has 2 aliphatic rings. The molecule has 0 aromatic heterocycles. The predicted molar refractivity (Wildman–Crippen MR) is 92.7 cm³/mol. The lowest BCUT2D eigenvalue weighted by Crippen LogP contribution is -2.48. The minimum absolute atomic E-state index is 0.505. The molecule has 1 N–H and O–H groups in total. The molecule has 2 heteroatoms. The monoisotopic (exact) mass is 294 g/mol. The number of nitrogens with zero attached hydrogens (tertiary/aromatic N) is 1. The molecule has 21 heavy (non-hydrogen) atoms. The van der Waals surface area contributed by atoms with Crippen molar-refractivity contribution < 1.29 is 0 Å². The Balaban J connectivity index is 1.84. The molecular formula is C19H38N2. The Morgan fingerprint density at radius 1 is 1.00 bits per heavy atom. The molecule has 1 aliphatic heterocycles. The molecule has 0 aromatic carbocycles. The fourth-order valence-electron chi connectivity index (χ4n) is 4.38. The van der Waals surface area contributed by atoms with E-state index < -0.39 is 0 Å². The van der Waals surface area contributed by atoms with Gasteiger partial charge in [0.15, 0.2) is 0 Å². The minimum Gasteiger partial charge on any atom is -0.313 e. The first-order valence-corrected chi connectivity index (χ1v) is 9.48. The lowest BCUT2D eigenvalue weighted by molar-refractivity contribution is 0.0858. The summed E-state index contributed by atoms with van der Waals surface area (Å²) in [6, 6.07) is 1.61. The molecule has 1 saturated heterocycles. The molecule has 0 bridgehead atoms. The summed E-state index contributed by atoms with van der Waals surface area (Å²) in [5, 5.41) is 3.74. The van der Waals surface area contributed by atoms with E-state index in [1.54, 1.807) is 0 Å². The lowest BCUT2D eigenvalue weighted by Gasteiger charge is -2.42. The molecule has 0 aromatic rings. The van der Waals surface area contributed by atoms with Gasteiger partial charge in [-0.1, -0.05) is 34.1 Å². The number of rotatable bonds is 5. The third kappa shape index (κ3) is 5.25. The van der Waals surface area contributed by atoms with Crippen LogP contribution in [-0.2, 0) is 0 Å². The van der Waals surface area contributed by atoms with E-state index in [0.717, 1.165) is 18.0 Å². The van der Waals surface area contributed by atoms with E-state index in [-0.39, 0.29) is 0 Å². The summed E-state index contributed by atoms with van der Waals surface area (Å²) in [5.74, 6) is 0.935. The van der Waals surface area contributed by atoms with Crippen molar-refractivity contribution in [3.8, 4) is 0 Å². The van der Waals surface area contributed by atoms with Crippen molar-refractivity contribution in [3.63, 3.8) is 0 Å². The minimum atomic E-state index is 0.505. The molecule has 124 valence electrons. The van der Waals surface area contributed by atoms with Crippen molar-refractivity contribution in [1.82, 2.24) is 10.2 Å². The highest BCUT2D eigenvalue weighted by molar-refractivity contribution is 4.86. The first kappa shape index (κ1) is 17.3. The van der Waals surface area contributed by atoms with E-state index in [4.69, 9.17) is 0 Å². The maximum atomic E-state index is 3.74. The van der Waals surface area contributed by atoms with Gasteiger partial charge in [0, 0.05) is 18.6 Å². The van der Waals surface area contributed by atoms with Crippen LogP contribution in [0.5, 0.6) is 0 Å². The van der Waals surface area contributed by atoms with Crippen LogP contribution in [0, 0.1) is 11.3 Å². The van der Waals surface area contributed by atoms with E-state index in [1.807, 2.05) is 0 Å². The van der Waals surface area contributed by atoms with Crippen molar-refractivity contribution >= 4 is 0 Å². The maximum Gasteiger partial charge on any atom is 0.0195 e. The van der Waals surface area contributed by atoms with E-state index >= 15 is 0 Å². The zero-order chi connectivity index (χ0) is 15.3. The van der Waals surface area contributed by atoms with E-state index in [1.165, 1.54) is 71.0 Å². The van der Waals surface area contributed by atoms with Crippen LogP contribution in [0.25, 0.3) is 0 Å². The second-order valence-corrected chi connectivity index (χ2v) is 8.51. The Labute approximate surface area is 133 Å². The topological polar surface area (TPSA) is 15.3 Å². The first-order chi connectivity index (χ1) is 10.0. The first-order valence-electron chi connectivity index (χ1n) is 9.48. The van der Waals surface area contributed by atoms with Crippen LogP contribution in [0.4, 0.5) is 0 Å². The highest BCUT2D eigenvalue weighted by atomic mass is 15.2.